The van der Waals surface area contributed by atoms with Gasteiger partial charge < -0.3 is 20.3 Å². The van der Waals surface area contributed by atoms with Gasteiger partial charge in [-0.2, -0.15) is 0 Å². The monoisotopic (exact) mass is 539 g/mol. The maximum absolute atomic E-state index is 12.5. The first-order chi connectivity index (χ1) is 19.1. The Balaban J connectivity index is 1.35. The van der Waals surface area contributed by atoms with E-state index in [9.17, 15) is 9.90 Å². The molecule has 0 amide bonds. The Morgan fingerprint density at radius 1 is 1.02 bits per heavy atom. The molecule has 3 N–H and O–H groups in total. The standard InChI is InChI=1S/C31H37N7O2/c1-19(2)38-11-9-31(38)8-10-36(18-31)26-16-23(17-33-29(26)32)27-28(39)24(15-21(4)34-27)22-6-7-25(20(3)14-22)37-13-12-35(5)30(37)40/h6-7,12-17,19,39H,8-11,18H2,1-5H3,(H2,32,33). The maximum atomic E-state index is 12.5. The van der Waals surface area contributed by atoms with Gasteiger partial charge in [0.15, 0.2) is 0 Å². The van der Waals surface area contributed by atoms with Crippen molar-refractivity contribution < 1.29 is 5.11 Å². The van der Waals surface area contributed by atoms with E-state index in [-0.39, 0.29) is 17.0 Å². The summed E-state index contributed by atoms with van der Waals surface area (Å²) >= 11 is 0. The van der Waals surface area contributed by atoms with Crippen LogP contribution in [0.5, 0.6) is 5.75 Å². The van der Waals surface area contributed by atoms with Gasteiger partial charge in [0.2, 0.25) is 0 Å². The van der Waals surface area contributed by atoms with Crippen LogP contribution < -0.4 is 16.3 Å². The van der Waals surface area contributed by atoms with Gasteiger partial charge in [-0.25, -0.2) is 14.8 Å². The van der Waals surface area contributed by atoms with Crippen LogP contribution in [-0.2, 0) is 7.05 Å². The quantitative estimate of drug-likeness (QED) is 0.390. The largest absolute Gasteiger partial charge is 0.505 e. The number of nitrogen functional groups attached to an aromatic ring is 1. The lowest BCUT2D eigenvalue weighted by molar-refractivity contribution is -0.0237. The second-order valence-corrected chi connectivity index (χ2v) is 11.6. The van der Waals surface area contributed by atoms with Crippen LogP contribution in [0.1, 0.15) is 37.9 Å². The summed E-state index contributed by atoms with van der Waals surface area (Å²) in [6, 6.07) is 10.2. The van der Waals surface area contributed by atoms with Crippen molar-refractivity contribution in [3.05, 3.63) is 70.7 Å². The molecule has 208 valence electrons. The van der Waals surface area contributed by atoms with E-state index in [2.05, 4.69) is 28.6 Å². The summed E-state index contributed by atoms with van der Waals surface area (Å²) in [6.45, 7) is 11.4. The number of imidazole rings is 1. The molecule has 6 rings (SSSR count). The molecule has 2 fully saturated rings. The van der Waals surface area contributed by atoms with Gasteiger partial charge >= 0.3 is 5.69 Å². The molecule has 0 saturated carbocycles. The third-order valence-corrected chi connectivity index (χ3v) is 8.73. The molecule has 0 bridgehead atoms. The summed E-state index contributed by atoms with van der Waals surface area (Å²) in [5.41, 5.74) is 12.6. The van der Waals surface area contributed by atoms with Crippen LogP contribution in [0.25, 0.3) is 28.1 Å². The lowest BCUT2D eigenvalue weighted by Crippen LogP contribution is -2.63. The lowest BCUT2D eigenvalue weighted by atomic mass is 9.82. The normalized spacial score (nSPS) is 19.1. The molecule has 40 heavy (non-hydrogen) atoms. The minimum atomic E-state index is -0.106. The van der Waals surface area contributed by atoms with Crippen molar-refractivity contribution in [2.24, 2.45) is 7.05 Å². The van der Waals surface area contributed by atoms with Crippen LogP contribution in [0.3, 0.4) is 0 Å². The molecular formula is C31H37N7O2. The highest BCUT2D eigenvalue weighted by molar-refractivity contribution is 5.82. The predicted octanol–water partition coefficient (Wildman–Crippen LogP) is 4.27. The van der Waals surface area contributed by atoms with Crippen molar-refractivity contribution in [2.45, 2.75) is 52.1 Å². The first kappa shape index (κ1) is 26.1. The van der Waals surface area contributed by atoms with E-state index in [0.29, 0.717) is 23.1 Å². The highest BCUT2D eigenvalue weighted by atomic mass is 16.3. The first-order valence-electron chi connectivity index (χ1n) is 13.9. The predicted molar refractivity (Wildman–Crippen MR) is 159 cm³/mol. The van der Waals surface area contributed by atoms with Gasteiger partial charge in [0.1, 0.15) is 17.3 Å². The van der Waals surface area contributed by atoms with Gasteiger partial charge in [-0.3, -0.25) is 9.47 Å². The van der Waals surface area contributed by atoms with Crippen LogP contribution >= 0.6 is 0 Å². The number of rotatable bonds is 5. The van der Waals surface area contributed by atoms with Gasteiger partial charge in [0, 0.05) is 73.7 Å². The zero-order valence-corrected chi connectivity index (χ0v) is 23.8. The van der Waals surface area contributed by atoms with Gasteiger partial charge in [-0.05, 0) is 75.9 Å². The number of hydrogen-bond acceptors (Lipinski definition) is 7. The fraction of sp³-hybridized carbons (Fsp3) is 0.387. The molecule has 1 aromatic carbocycles. The molecular weight excluding hydrogens is 502 g/mol. The highest BCUT2D eigenvalue weighted by Gasteiger charge is 2.50. The smallest absolute Gasteiger partial charge is 0.332 e. The van der Waals surface area contributed by atoms with Gasteiger partial charge in [0.05, 0.1) is 11.4 Å². The second-order valence-electron chi connectivity index (χ2n) is 11.6. The number of nitrogens with zero attached hydrogens (tertiary/aromatic N) is 6. The van der Waals surface area contributed by atoms with Crippen molar-refractivity contribution in [1.82, 2.24) is 24.0 Å². The number of likely N-dealkylation sites (tertiary alicyclic amines) is 1. The highest BCUT2D eigenvalue weighted by Crippen LogP contribution is 2.44. The van der Waals surface area contributed by atoms with E-state index in [0.717, 1.165) is 59.8 Å². The zero-order valence-electron chi connectivity index (χ0n) is 23.8. The Kier molecular flexibility index (Phi) is 6.22. The number of hydrogen-bond donors (Lipinski definition) is 2. The van der Waals surface area contributed by atoms with Crippen molar-refractivity contribution in [3.8, 4) is 33.8 Å². The average molecular weight is 540 g/mol. The Morgan fingerprint density at radius 2 is 1.80 bits per heavy atom. The second kappa shape index (κ2) is 9.52. The summed E-state index contributed by atoms with van der Waals surface area (Å²) in [5.74, 6) is 0.584. The maximum Gasteiger partial charge on any atom is 0.332 e. The van der Waals surface area contributed by atoms with Gasteiger partial charge in [-0.1, -0.05) is 6.07 Å². The summed E-state index contributed by atoms with van der Waals surface area (Å²) in [7, 11) is 1.73. The molecule has 0 aliphatic carbocycles. The number of aromatic hydroxyl groups is 1. The van der Waals surface area contributed by atoms with E-state index in [4.69, 9.17) is 10.7 Å². The van der Waals surface area contributed by atoms with Crippen LogP contribution in [0.15, 0.2) is 53.7 Å². The van der Waals surface area contributed by atoms with E-state index >= 15 is 0 Å². The molecule has 1 atom stereocenters. The minimum absolute atomic E-state index is 0.0926. The third-order valence-electron chi connectivity index (χ3n) is 8.73. The third kappa shape index (κ3) is 4.16. The molecule has 1 spiro atoms. The average Bonchev–Trinajstić information content (AvgIpc) is 3.50. The fourth-order valence-corrected chi connectivity index (χ4v) is 6.54. The van der Waals surface area contributed by atoms with Gasteiger partial charge in [0.25, 0.3) is 0 Å². The Morgan fingerprint density at radius 3 is 2.45 bits per heavy atom. The lowest BCUT2D eigenvalue weighted by Gasteiger charge is -2.53. The Bertz CT molecular complexity index is 1670. The number of nitrogens with two attached hydrogens (primary N) is 1. The SMILES string of the molecule is Cc1cc(-c2ccc(-n3ccn(C)c3=O)c(C)c2)c(O)c(-c2cnc(N)c(N3CCC4(CCN4C(C)C)C3)c2)n1. The molecule has 2 aliphatic heterocycles. The number of aromatic nitrogens is 4. The summed E-state index contributed by atoms with van der Waals surface area (Å²) < 4.78 is 3.16. The fourth-order valence-electron chi connectivity index (χ4n) is 6.54. The molecule has 5 heterocycles. The van der Waals surface area contributed by atoms with Crippen molar-refractivity contribution >= 4 is 11.5 Å². The Hall–Kier alpha value is -4.11. The summed E-state index contributed by atoms with van der Waals surface area (Å²) in [5, 5.41) is 11.5. The number of benzene rings is 1. The molecule has 9 heteroatoms. The molecule has 4 aromatic rings. The van der Waals surface area contributed by atoms with Crippen molar-refractivity contribution in [1.29, 1.82) is 0 Å². The summed E-state index contributed by atoms with van der Waals surface area (Å²) in [6.07, 6.45) is 7.50. The topological polar surface area (TPSA) is 105 Å². The molecule has 3 aromatic heterocycles. The number of pyridine rings is 2. The molecule has 2 saturated heterocycles. The zero-order chi connectivity index (χ0) is 28.3. The summed E-state index contributed by atoms with van der Waals surface area (Å²) in [4.78, 5) is 26.7. The van der Waals surface area contributed by atoms with Crippen molar-refractivity contribution in [2.75, 3.05) is 30.3 Å². The van der Waals surface area contributed by atoms with Crippen LogP contribution in [-0.4, -0.2) is 60.3 Å². The molecule has 2 aliphatic rings. The van der Waals surface area contributed by atoms with Crippen LogP contribution in [0, 0.1) is 13.8 Å². The van der Waals surface area contributed by atoms with E-state index < -0.39 is 0 Å². The first-order valence-corrected chi connectivity index (χ1v) is 13.9. The molecule has 9 nitrogen and oxygen atoms in total. The number of anilines is 2. The minimum Gasteiger partial charge on any atom is -0.505 e. The van der Waals surface area contributed by atoms with Gasteiger partial charge in [-0.15, -0.1) is 0 Å². The van der Waals surface area contributed by atoms with Crippen LogP contribution in [0.2, 0.25) is 0 Å². The molecule has 0 radical (unpaired) electrons. The number of aryl methyl sites for hydroxylation is 3. The molecule has 1 unspecified atom stereocenters. The van der Waals surface area contributed by atoms with Crippen LogP contribution in [0.4, 0.5) is 11.5 Å². The van der Waals surface area contributed by atoms with Crippen molar-refractivity contribution in [3.63, 3.8) is 0 Å². The van der Waals surface area contributed by atoms with E-state index in [1.54, 1.807) is 34.8 Å². The Labute approximate surface area is 234 Å². The van der Waals surface area contributed by atoms with E-state index in [1.807, 2.05) is 44.2 Å². The van der Waals surface area contributed by atoms with E-state index in [1.165, 1.54) is 6.42 Å².